The van der Waals surface area contributed by atoms with Crippen LogP contribution in [0.15, 0.2) is 24.7 Å². The lowest BCUT2D eigenvalue weighted by Gasteiger charge is -2.26. The average molecular weight is 317 g/mol. The SMILES string of the molecule is CC(C)(C)OC(=O)N1CCCN(c2nccn3nccc23)CC1. The van der Waals surface area contributed by atoms with Crippen LogP contribution in [0.1, 0.15) is 27.2 Å². The molecule has 0 spiro atoms. The van der Waals surface area contributed by atoms with E-state index < -0.39 is 5.60 Å². The van der Waals surface area contributed by atoms with Gasteiger partial charge in [0.25, 0.3) is 0 Å². The van der Waals surface area contributed by atoms with E-state index in [2.05, 4.69) is 15.0 Å². The lowest BCUT2D eigenvalue weighted by atomic mass is 10.2. The number of ether oxygens (including phenoxy) is 1. The molecule has 7 nitrogen and oxygen atoms in total. The molecule has 0 aliphatic carbocycles. The molecule has 2 aromatic heterocycles. The van der Waals surface area contributed by atoms with Gasteiger partial charge in [-0.25, -0.2) is 14.3 Å². The Morgan fingerprint density at radius 2 is 2.00 bits per heavy atom. The van der Waals surface area contributed by atoms with Gasteiger partial charge in [-0.2, -0.15) is 5.10 Å². The quantitative estimate of drug-likeness (QED) is 0.806. The fourth-order valence-corrected chi connectivity index (χ4v) is 2.73. The highest BCUT2D eigenvalue weighted by Crippen LogP contribution is 2.20. The van der Waals surface area contributed by atoms with Crippen LogP contribution in [0.2, 0.25) is 0 Å². The summed E-state index contributed by atoms with van der Waals surface area (Å²) >= 11 is 0. The second-order valence-electron chi connectivity index (χ2n) is 6.72. The summed E-state index contributed by atoms with van der Waals surface area (Å²) in [7, 11) is 0. The predicted octanol–water partition coefficient (Wildman–Crippen LogP) is 2.18. The molecule has 1 amide bonds. The molecule has 1 aliphatic rings. The Morgan fingerprint density at radius 3 is 2.78 bits per heavy atom. The number of amides is 1. The molecule has 3 heterocycles. The van der Waals surface area contributed by atoms with Gasteiger partial charge in [-0.05, 0) is 33.3 Å². The van der Waals surface area contributed by atoms with Gasteiger partial charge in [0, 0.05) is 38.6 Å². The number of anilines is 1. The van der Waals surface area contributed by atoms with Gasteiger partial charge in [-0.1, -0.05) is 0 Å². The zero-order chi connectivity index (χ0) is 16.4. The van der Waals surface area contributed by atoms with Gasteiger partial charge in [0.05, 0.1) is 6.20 Å². The second kappa shape index (κ2) is 6.06. The molecule has 0 saturated carbocycles. The summed E-state index contributed by atoms with van der Waals surface area (Å²) in [4.78, 5) is 20.7. The number of hydrogen-bond donors (Lipinski definition) is 0. The summed E-state index contributed by atoms with van der Waals surface area (Å²) in [5.74, 6) is 0.913. The van der Waals surface area contributed by atoms with E-state index >= 15 is 0 Å². The molecule has 0 radical (unpaired) electrons. The number of hydrogen-bond acceptors (Lipinski definition) is 5. The van der Waals surface area contributed by atoms with Crippen molar-refractivity contribution in [2.45, 2.75) is 32.8 Å². The highest BCUT2D eigenvalue weighted by molar-refractivity contribution is 5.70. The van der Waals surface area contributed by atoms with Crippen LogP contribution in [0.5, 0.6) is 0 Å². The van der Waals surface area contributed by atoms with Gasteiger partial charge in [-0.3, -0.25) is 0 Å². The Balaban J connectivity index is 1.71. The van der Waals surface area contributed by atoms with Crippen molar-refractivity contribution < 1.29 is 9.53 Å². The van der Waals surface area contributed by atoms with Crippen LogP contribution in [-0.4, -0.2) is 57.4 Å². The van der Waals surface area contributed by atoms with Gasteiger partial charge in [0.2, 0.25) is 0 Å². The van der Waals surface area contributed by atoms with Crippen LogP contribution >= 0.6 is 0 Å². The normalized spacial score (nSPS) is 16.5. The van der Waals surface area contributed by atoms with E-state index in [0.29, 0.717) is 13.1 Å². The minimum Gasteiger partial charge on any atom is -0.444 e. The second-order valence-corrected chi connectivity index (χ2v) is 6.72. The van der Waals surface area contributed by atoms with E-state index in [9.17, 15) is 4.79 Å². The molecule has 0 N–H and O–H groups in total. The molecule has 2 aromatic rings. The molecule has 0 unspecified atom stereocenters. The smallest absolute Gasteiger partial charge is 0.410 e. The first kappa shape index (κ1) is 15.6. The fraction of sp³-hybridized carbons (Fsp3) is 0.562. The van der Waals surface area contributed by atoms with E-state index in [-0.39, 0.29) is 6.09 Å². The third-order valence-corrected chi connectivity index (χ3v) is 3.75. The maximum Gasteiger partial charge on any atom is 0.410 e. The van der Waals surface area contributed by atoms with Crippen molar-refractivity contribution in [1.29, 1.82) is 0 Å². The third kappa shape index (κ3) is 3.55. The van der Waals surface area contributed by atoms with Crippen molar-refractivity contribution in [3.05, 3.63) is 24.7 Å². The number of carbonyl (C=O) groups excluding carboxylic acids is 1. The first-order valence-corrected chi connectivity index (χ1v) is 7.95. The summed E-state index contributed by atoms with van der Waals surface area (Å²) in [6.07, 6.45) is 6.01. The molecule has 0 bridgehead atoms. The standard InChI is InChI=1S/C16H23N5O2/c1-16(2,3)23-15(22)20-9-4-8-19(11-12-20)14-13-5-6-18-21(13)10-7-17-14/h5-7,10H,4,8-9,11-12H2,1-3H3. The summed E-state index contributed by atoms with van der Waals surface area (Å²) in [6.45, 7) is 8.59. The number of nitrogens with zero attached hydrogens (tertiary/aromatic N) is 5. The van der Waals surface area contributed by atoms with Gasteiger partial charge in [-0.15, -0.1) is 0 Å². The van der Waals surface area contributed by atoms with Gasteiger partial charge in [0.1, 0.15) is 11.1 Å². The van der Waals surface area contributed by atoms with Crippen LogP contribution in [0, 0.1) is 0 Å². The molecular weight excluding hydrogens is 294 g/mol. The van der Waals surface area contributed by atoms with E-state index in [1.807, 2.05) is 37.5 Å². The van der Waals surface area contributed by atoms with E-state index in [0.717, 1.165) is 30.8 Å². The van der Waals surface area contributed by atoms with Crippen LogP contribution < -0.4 is 4.90 Å². The Bertz CT molecular complexity index is 691. The molecule has 7 heteroatoms. The van der Waals surface area contributed by atoms with Crippen molar-refractivity contribution in [2.24, 2.45) is 0 Å². The van der Waals surface area contributed by atoms with Crippen LogP contribution in [0.25, 0.3) is 5.52 Å². The van der Waals surface area contributed by atoms with E-state index in [1.165, 1.54) is 0 Å². The largest absolute Gasteiger partial charge is 0.444 e. The Morgan fingerprint density at radius 1 is 1.17 bits per heavy atom. The molecule has 0 aromatic carbocycles. The molecular formula is C16H23N5O2. The molecule has 1 fully saturated rings. The minimum absolute atomic E-state index is 0.241. The van der Waals surface area contributed by atoms with Crippen LogP contribution in [0.3, 0.4) is 0 Å². The first-order valence-electron chi connectivity index (χ1n) is 7.95. The summed E-state index contributed by atoms with van der Waals surface area (Å²) in [5, 5.41) is 4.25. The average Bonchev–Trinajstić information content (AvgIpc) is 2.81. The van der Waals surface area contributed by atoms with E-state index in [4.69, 9.17) is 4.74 Å². The van der Waals surface area contributed by atoms with Gasteiger partial charge < -0.3 is 14.5 Å². The molecule has 124 valence electrons. The van der Waals surface area contributed by atoms with Gasteiger partial charge in [0.15, 0.2) is 5.82 Å². The molecule has 23 heavy (non-hydrogen) atoms. The monoisotopic (exact) mass is 317 g/mol. The topological polar surface area (TPSA) is 63.0 Å². The zero-order valence-corrected chi connectivity index (χ0v) is 13.9. The molecule has 1 saturated heterocycles. The Hall–Kier alpha value is -2.31. The van der Waals surface area contributed by atoms with Crippen molar-refractivity contribution in [3.8, 4) is 0 Å². The maximum atomic E-state index is 12.2. The number of aromatic nitrogens is 3. The Labute approximate surface area is 135 Å². The molecule has 3 rings (SSSR count). The minimum atomic E-state index is -0.464. The summed E-state index contributed by atoms with van der Waals surface area (Å²) in [6, 6.07) is 1.96. The zero-order valence-electron chi connectivity index (χ0n) is 13.9. The number of carbonyl (C=O) groups is 1. The van der Waals surface area contributed by atoms with E-state index in [1.54, 1.807) is 17.3 Å². The number of rotatable bonds is 1. The van der Waals surface area contributed by atoms with Crippen molar-refractivity contribution in [3.63, 3.8) is 0 Å². The number of fused-ring (bicyclic) bond motifs is 1. The Kier molecular flexibility index (Phi) is 4.11. The van der Waals surface area contributed by atoms with Crippen LogP contribution in [-0.2, 0) is 4.74 Å². The van der Waals surface area contributed by atoms with Gasteiger partial charge >= 0.3 is 6.09 Å². The molecule has 1 aliphatic heterocycles. The van der Waals surface area contributed by atoms with Crippen LogP contribution in [0.4, 0.5) is 10.6 Å². The summed E-state index contributed by atoms with van der Waals surface area (Å²) < 4.78 is 7.29. The van der Waals surface area contributed by atoms with Crippen molar-refractivity contribution >= 4 is 17.4 Å². The summed E-state index contributed by atoms with van der Waals surface area (Å²) in [5.41, 5.74) is 0.520. The molecule has 0 atom stereocenters. The van der Waals surface area contributed by atoms with Crippen molar-refractivity contribution in [1.82, 2.24) is 19.5 Å². The third-order valence-electron chi connectivity index (χ3n) is 3.75. The maximum absolute atomic E-state index is 12.2. The highest BCUT2D eigenvalue weighted by Gasteiger charge is 2.25. The highest BCUT2D eigenvalue weighted by atomic mass is 16.6. The lowest BCUT2D eigenvalue weighted by Crippen LogP contribution is -2.39. The predicted molar refractivity (Wildman–Crippen MR) is 87.6 cm³/mol. The first-order chi connectivity index (χ1) is 10.9. The lowest BCUT2D eigenvalue weighted by molar-refractivity contribution is 0.0263. The fourth-order valence-electron chi connectivity index (χ4n) is 2.73. The van der Waals surface area contributed by atoms with Crippen molar-refractivity contribution in [2.75, 3.05) is 31.1 Å².